The molecule has 1 aromatic carbocycles. The molecule has 0 N–H and O–H groups in total. The second-order valence-electron chi connectivity index (χ2n) is 3.88. The molecule has 1 aromatic rings. The van der Waals surface area contributed by atoms with Gasteiger partial charge in [0.15, 0.2) is 0 Å². The van der Waals surface area contributed by atoms with E-state index in [1.807, 2.05) is 12.1 Å². The molecule has 0 unspecified atom stereocenters. The van der Waals surface area contributed by atoms with Crippen LogP contribution in [0.5, 0.6) is 5.75 Å². The summed E-state index contributed by atoms with van der Waals surface area (Å²) in [5.41, 5.74) is 2.54. The number of benzene rings is 1. The van der Waals surface area contributed by atoms with Gasteiger partial charge in [-0.2, -0.15) is 0 Å². The Balaban J connectivity index is 2.76. The van der Waals surface area contributed by atoms with E-state index in [1.165, 1.54) is 11.1 Å². The van der Waals surface area contributed by atoms with Crippen molar-refractivity contribution in [2.24, 2.45) is 5.92 Å². The highest BCUT2D eigenvalue weighted by molar-refractivity contribution is 9.08. The van der Waals surface area contributed by atoms with E-state index in [0.29, 0.717) is 5.92 Å². The number of alkyl halides is 1. The smallest absolute Gasteiger partial charge is 0.122 e. The third kappa shape index (κ3) is 3.02. The van der Waals surface area contributed by atoms with Crippen molar-refractivity contribution in [3.63, 3.8) is 0 Å². The van der Waals surface area contributed by atoms with Crippen molar-refractivity contribution in [2.75, 3.05) is 6.61 Å². The van der Waals surface area contributed by atoms with E-state index >= 15 is 0 Å². The van der Waals surface area contributed by atoms with Crippen LogP contribution in [0.15, 0.2) is 18.2 Å². The third-order valence-corrected chi connectivity index (χ3v) is 2.72. The fourth-order valence-electron chi connectivity index (χ4n) is 1.22. The van der Waals surface area contributed by atoms with Gasteiger partial charge in [0, 0.05) is 5.33 Å². The highest BCUT2D eigenvalue weighted by atomic mass is 79.9. The Labute approximate surface area is 94.6 Å². The minimum absolute atomic E-state index is 0.571. The molecule has 1 nitrogen and oxygen atoms in total. The molecule has 0 aromatic heterocycles. The Morgan fingerprint density at radius 1 is 1.36 bits per heavy atom. The van der Waals surface area contributed by atoms with Crippen LogP contribution < -0.4 is 4.74 Å². The maximum Gasteiger partial charge on any atom is 0.122 e. The molecule has 0 aliphatic carbocycles. The summed E-state index contributed by atoms with van der Waals surface area (Å²) in [6, 6.07) is 6.19. The largest absolute Gasteiger partial charge is 0.493 e. The van der Waals surface area contributed by atoms with E-state index in [0.717, 1.165) is 17.7 Å². The molecule has 0 heterocycles. The number of rotatable bonds is 4. The average molecular weight is 257 g/mol. The summed E-state index contributed by atoms with van der Waals surface area (Å²) < 4.78 is 5.72. The molecule has 14 heavy (non-hydrogen) atoms. The fraction of sp³-hybridized carbons (Fsp3) is 0.500. The zero-order chi connectivity index (χ0) is 10.6. The predicted molar refractivity (Wildman–Crippen MR) is 64.1 cm³/mol. The van der Waals surface area contributed by atoms with E-state index in [1.54, 1.807) is 0 Å². The molecule has 0 aliphatic rings. The molecule has 0 fully saturated rings. The summed E-state index contributed by atoms with van der Waals surface area (Å²) in [7, 11) is 0. The SMILES string of the molecule is Cc1c(CBr)cccc1OCC(C)C. The highest BCUT2D eigenvalue weighted by Gasteiger charge is 2.04. The maximum atomic E-state index is 5.72. The first-order valence-corrected chi connectivity index (χ1v) is 6.04. The van der Waals surface area contributed by atoms with Gasteiger partial charge in [0.25, 0.3) is 0 Å². The van der Waals surface area contributed by atoms with E-state index in [9.17, 15) is 0 Å². The van der Waals surface area contributed by atoms with Gasteiger partial charge in [0.05, 0.1) is 6.61 Å². The second-order valence-corrected chi connectivity index (χ2v) is 4.44. The molecule has 2 heteroatoms. The van der Waals surface area contributed by atoms with Crippen molar-refractivity contribution in [3.05, 3.63) is 29.3 Å². The molecular formula is C12H17BrO. The minimum atomic E-state index is 0.571. The number of ether oxygens (including phenoxy) is 1. The minimum Gasteiger partial charge on any atom is -0.493 e. The van der Waals surface area contributed by atoms with Crippen LogP contribution in [0, 0.1) is 12.8 Å². The van der Waals surface area contributed by atoms with Crippen LogP contribution in [0.25, 0.3) is 0 Å². The zero-order valence-corrected chi connectivity index (χ0v) is 10.6. The highest BCUT2D eigenvalue weighted by Crippen LogP contribution is 2.23. The van der Waals surface area contributed by atoms with Crippen LogP contribution in [0.2, 0.25) is 0 Å². The van der Waals surface area contributed by atoms with Gasteiger partial charge in [-0.15, -0.1) is 0 Å². The summed E-state index contributed by atoms with van der Waals surface area (Å²) >= 11 is 3.47. The van der Waals surface area contributed by atoms with Crippen molar-refractivity contribution < 1.29 is 4.74 Å². The third-order valence-electron chi connectivity index (χ3n) is 2.11. The summed E-state index contributed by atoms with van der Waals surface area (Å²) in [5.74, 6) is 1.58. The van der Waals surface area contributed by atoms with Gasteiger partial charge in [-0.05, 0) is 30.0 Å². The van der Waals surface area contributed by atoms with Crippen LogP contribution in [0.4, 0.5) is 0 Å². The van der Waals surface area contributed by atoms with E-state index < -0.39 is 0 Å². The number of hydrogen-bond acceptors (Lipinski definition) is 1. The standard InChI is InChI=1S/C12H17BrO/c1-9(2)8-14-12-6-4-5-11(7-13)10(12)3/h4-6,9H,7-8H2,1-3H3. The Morgan fingerprint density at radius 2 is 2.07 bits per heavy atom. The van der Waals surface area contributed by atoms with Crippen molar-refractivity contribution >= 4 is 15.9 Å². The maximum absolute atomic E-state index is 5.72. The number of hydrogen-bond donors (Lipinski definition) is 0. The van der Waals surface area contributed by atoms with Crippen molar-refractivity contribution in [2.45, 2.75) is 26.1 Å². The molecule has 0 bridgehead atoms. The first kappa shape index (κ1) is 11.6. The summed E-state index contributed by atoms with van der Waals surface area (Å²) in [6.45, 7) is 7.20. The van der Waals surface area contributed by atoms with Crippen molar-refractivity contribution in [1.82, 2.24) is 0 Å². The summed E-state index contributed by atoms with van der Waals surface area (Å²) in [6.07, 6.45) is 0. The summed E-state index contributed by atoms with van der Waals surface area (Å²) in [4.78, 5) is 0. The first-order chi connectivity index (χ1) is 6.65. The molecule has 0 saturated carbocycles. The fourth-order valence-corrected chi connectivity index (χ4v) is 1.82. The van der Waals surface area contributed by atoms with Crippen LogP contribution in [0.1, 0.15) is 25.0 Å². The van der Waals surface area contributed by atoms with Gasteiger partial charge in [-0.3, -0.25) is 0 Å². The van der Waals surface area contributed by atoms with E-state index in [2.05, 4.69) is 42.8 Å². The number of halogens is 1. The Hall–Kier alpha value is -0.500. The molecule has 0 amide bonds. The van der Waals surface area contributed by atoms with Gasteiger partial charge >= 0.3 is 0 Å². The summed E-state index contributed by atoms with van der Waals surface area (Å²) in [5, 5.41) is 0.887. The molecule has 78 valence electrons. The quantitative estimate of drug-likeness (QED) is 0.743. The van der Waals surface area contributed by atoms with E-state index in [4.69, 9.17) is 4.74 Å². The lowest BCUT2D eigenvalue weighted by Gasteiger charge is -2.12. The second kappa shape index (κ2) is 5.40. The van der Waals surface area contributed by atoms with Gasteiger partial charge in [0.2, 0.25) is 0 Å². The molecule has 0 spiro atoms. The monoisotopic (exact) mass is 256 g/mol. The first-order valence-electron chi connectivity index (χ1n) is 4.92. The Kier molecular flexibility index (Phi) is 4.46. The van der Waals surface area contributed by atoms with Gasteiger partial charge in [-0.1, -0.05) is 41.9 Å². The van der Waals surface area contributed by atoms with Crippen LogP contribution >= 0.6 is 15.9 Å². The molecule has 0 radical (unpaired) electrons. The molecule has 0 aliphatic heterocycles. The zero-order valence-electron chi connectivity index (χ0n) is 9.01. The van der Waals surface area contributed by atoms with Crippen molar-refractivity contribution in [3.8, 4) is 5.75 Å². The molecule has 0 saturated heterocycles. The van der Waals surface area contributed by atoms with Gasteiger partial charge in [0.1, 0.15) is 5.75 Å². The normalized spacial score (nSPS) is 10.6. The lowest BCUT2D eigenvalue weighted by molar-refractivity contribution is 0.269. The lowest BCUT2D eigenvalue weighted by Crippen LogP contribution is -2.05. The van der Waals surface area contributed by atoms with Crippen molar-refractivity contribution in [1.29, 1.82) is 0 Å². The van der Waals surface area contributed by atoms with Crippen LogP contribution in [0.3, 0.4) is 0 Å². The van der Waals surface area contributed by atoms with Gasteiger partial charge < -0.3 is 4.74 Å². The molecule has 0 atom stereocenters. The Morgan fingerprint density at radius 3 is 2.64 bits per heavy atom. The van der Waals surface area contributed by atoms with Crippen LogP contribution in [-0.2, 0) is 5.33 Å². The topological polar surface area (TPSA) is 9.23 Å². The molecular weight excluding hydrogens is 240 g/mol. The van der Waals surface area contributed by atoms with Gasteiger partial charge in [-0.25, -0.2) is 0 Å². The average Bonchev–Trinajstić information content (AvgIpc) is 2.16. The molecule has 1 rings (SSSR count). The Bertz CT molecular complexity index is 294. The van der Waals surface area contributed by atoms with E-state index in [-0.39, 0.29) is 0 Å². The predicted octanol–water partition coefficient (Wildman–Crippen LogP) is 3.92. The van der Waals surface area contributed by atoms with Crippen LogP contribution in [-0.4, -0.2) is 6.61 Å². The lowest BCUT2D eigenvalue weighted by atomic mass is 10.1.